The fraction of sp³-hybridized carbons (Fsp3) is 0.227. The lowest BCUT2D eigenvalue weighted by Gasteiger charge is -2.13. The summed E-state index contributed by atoms with van der Waals surface area (Å²) in [6, 6.07) is 16.9. The first-order valence-electron chi connectivity index (χ1n) is 8.91. The molecule has 5 heteroatoms. The van der Waals surface area contributed by atoms with Gasteiger partial charge in [-0.05, 0) is 43.3 Å². The number of anilines is 1. The number of nitrogens with one attached hydrogen (secondary N) is 1. The Bertz CT molecular complexity index is 962. The Morgan fingerprint density at radius 2 is 1.67 bits per heavy atom. The van der Waals surface area contributed by atoms with Gasteiger partial charge in [-0.2, -0.15) is 0 Å². The van der Waals surface area contributed by atoms with E-state index in [2.05, 4.69) is 10.3 Å². The van der Waals surface area contributed by atoms with E-state index in [1.807, 2.05) is 51.1 Å². The molecule has 0 aliphatic heterocycles. The number of carbonyl (C=O) groups excluding carboxylic acids is 2. The average molecular weight is 378 g/mol. The van der Waals surface area contributed by atoms with Crippen LogP contribution in [0.1, 0.15) is 31.1 Å². The highest BCUT2D eigenvalue weighted by Gasteiger charge is 2.18. The zero-order valence-electron chi connectivity index (χ0n) is 15.6. The second-order valence-corrected chi connectivity index (χ2v) is 8.05. The molecule has 0 bridgehead atoms. The van der Waals surface area contributed by atoms with Crippen molar-refractivity contribution in [1.29, 1.82) is 0 Å². The number of hydrogen-bond donors (Lipinski definition) is 1. The van der Waals surface area contributed by atoms with Crippen LogP contribution < -0.4 is 5.32 Å². The molecular weight excluding hydrogens is 356 g/mol. The largest absolute Gasteiger partial charge is 0.326 e. The maximum Gasteiger partial charge on any atom is 0.226 e. The monoisotopic (exact) mass is 378 g/mol. The Kier molecular flexibility index (Phi) is 5.91. The number of fused-ring (bicyclic) bond motifs is 1. The van der Waals surface area contributed by atoms with E-state index in [1.54, 1.807) is 30.5 Å². The van der Waals surface area contributed by atoms with Crippen LogP contribution in [0.3, 0.4) is 0 Å². The summed E-state index contributed by atoms with van der Waals surface area (Å²) in [6.45, 7) is 5.60. The van der Waals surface area contributed by atoms with E-state index in [1.165, 1.54) is 11.8 Å². The minimum atomic E-state index is -0.230. The van der Waals surface area contributed by atoms with Gasteiger partial charge in [0.1, 0.15) is 0 Å². The molecule has 0 radical (unpaired) electrons. The third-order valence-corrected chi connectivity index (χ3v) is 5.42. The predicted molar refractivity (Wildman–Crippen MR) is 111 cm³/mol. The summed E-state index contributed by atoms with van der Waals surface area (Å²) in [5.74, 6) is -0.0666. The molecule has 1 N–H and O–H groups in total. The zero-order chi connectivity index (χ0) is 19.4. The number of para-hydroxylation sites is 1. The molecular formula is C22H22N2O2S. The summed E-state index contributed by atoms with van der Waals surface area (Å²) < 4.78 is 0. The van der Waals surface area contributed by atoms with Crippen LogP contribution in [0.15, 0.2) is 65.7 Å². The molecule has 1 atom stereocenters. The van der Waals surface area contributed by atoms with Gasteiger partial charge in [-0.3, -0.25) is 14.6 Å². The summed E-state index contributed by atoms with van der Waals surface area (Å²) in [4.78, 5) is 30.0. The Hall–Kier alpha value is -2.66. The van der Waals surface area contributed by atoms with Gasteiger partial charge in [0.2, 0.25) is 5.91 Å². The first kappa shape index (κ1) is 19.1. The van der Waals surface area contributed by atoms with Gasteiger partial charge in [-0.15, -0.1) is 11.8 Å². The van der Waals surface area contributed by atoms with Gasteiger partial charge in [-0.1, -0.05) is 32.0 Å². The molecule has 0 aliphatic carbocycles. The van der Waals surface area contributed by atoms with E-state index in [-0.39, 0.29) is 22.9 Å². The predicted octanol–water partition coefficient (Wildman–Crippen LogP) is 5.19. The molecule has 0 saturated heterocycles. The number of amides is 1. The lowest BCUT2D eigenvalue weighted by molar-refractivity contribution is -0.118. The molecule has 0 spiro atoms. The Balaban J connectivity index is 1.72. The Labute approximate surface area is 163 Å². The molecule has 1 amide bonds. The Morgan fingerprint density at radius 1 is 0.963 bits per heavy atom. The number of aromatic nitrogens is 1. The molecule has 1 unspecified atom stereocenters. The number of thioether (sulfide) groups is 1. The summed E-state index contributed by atoms with van der Waals surface area (Å²) in [5, 5.41) is 3.66. The van der Waals surface area contributed by atoms with Crippen LogP contribution in [0, 0.1) is 5.92 Å². The van der Waals surface area contributed by atoms with Crippen LogP contribution in [0.4, 0.5) is 5.69 Å². The number of hydrogen-bond acceptors (Lipinski definition) is 4. The number of nitrogens with zero attached hydrogens (tertiary/aromatic N) is 1. The minimum absolute atomic E-state index is 0.0393. The summed E-state index contributed by atoms with van der Waals surface area (Å²) >= 11 is 1.54. The first-order chi connectivity index (χ1) is 13.0. The molecule has 0 fully saturated rings. The fourth-order valence-corrected chi connectivity index (χ4v) is 3.72. The quantitative estimate of drug-likeness (QED) is 0.473. The maximum absolute atomic E-state index is 12.8. The lowest BCUT2D eigenvalue weighted by Crippen LogP contribution is -2.18. The Morgan fingerprint density at radius 3 is 2.37 bits per heavy atom. The van der Waals surface area contributed by atoms with Crippen LogP contribution in [-0.4, -0.2) is 21.9 Å². The molecule has 0 aliphatic rings. The van der Waals surface area contributed by atoms with E-state index in [4.69, 9.17) is 0 Å². The van der Waals surface area contributed by atoms with Gasteiger partial charge in [-0.25, -0.2) is 0 Å². The summed E-state index contributed by atoms with van der Waals surface area (Å²) in [6.07, 6.45) is 1.77. The molecule has 1 aromatic heterocycles. The minimum Gasteiger partial charge on any atom is -0.326 e. The SMILES string of the molecule is CC(C)C(=O)Nc1ccc(C(=O)C(C)Sc2ccnc3ccccc23)cc1. The smallest absolute Gasteiger partial charge is 0.226 e. The third kappa shape index (κ3) is 4.55. The zero-order valence-corrected chi connectivity index (χ0v) is 16.4. The highest BCUT2D eigenvalue weighted by molar-refractivity contribution is 8.00. The van der Waals surface area contributed by atoms with Crippen molar-refractivity contribution in [2.24, 2.45) is 5.92 Å². The number of rotatable bonds is 6. The number of benzene rings is 2. The van der Waals surface area contributed by atoms with Crippen molar-refractivity contribution in [3.63, 3.8) is 0 Å². The van der Waals surface area contributed by atoms with Gasteiger partial charge in [0.05, 0.1) is 10.8 Å². The van der Waals surface area contributed by atoms with Gasteiger partial charge in [0, 0.05) is 33.6 Å². The molecule has 0 saturated carbocycles. The van der Waals surface area contributed by atoms with Crippen LogP contribution in [0.2, 0.25) is 0 Å². The van der Waals surface area contributed by atoms with Crippen molar-refractivity contribution < 1.29 is 9.59 Å². The van der Waals surface area contributed by atoms with Crippen molar-refractivity contribution in [1.82, 2.24) is 4.98 Å². The number of ketones is 1. The highest BCUT2D eigenvalue weighted by Crippen LogP contribution is 2.31. The molecule has 138 valence electrons. The van der Waals surface area contributed by atoms with Crippen molar-refractivity contribution >= 4 is 40.0 Å². The lowest BCUT2D eigenvalue weighted by atomic mass is 10.1. The van der Waals surface area contributed by atoms with Gasteiger partial charge >= 0.3 is 0 Å². The fourth-order valence-electron chi connectivity index (χ4n) is 2.66. The van der Waals surface area contributed by atoms with E-state index in [9.17, 15) is 9.59 Å². The second-order valence-electron chi connectivity index (χ2n) is 6.67. The van der Waals surface area contributed by atoms with Crippen LogP contribution in [0.5, 0.6) is 0 Å². The summed E-state index contributed by atoms with van der Waals surface area (Å²) in [5.41, 5.74) is 2.26. The average Bonchev–Trinajstić information content (AvgIpc) is 2.68. The van der Waals surface area contributed by atoms with Crippen molar-refractivity contribution in [3.05, 3.63) is 66.4 Å². The van der Waals surface area contributed by atoms with Gasteiger partial charge in [0.15, 0.2) is 5.78 Å². The molecule has 2 aromatic carbocycles. The molecule has 27 heavy (non-hydrogen) atoms. The van der Waals surface area contributed by atoms with E-state index in [0.717, 1.165) is 15.8 Å². The van der Waals surface area contributed by atoms with E-state index >= 15 is 0 Å². The normalized spacial score (nSPS) is 12.1. The topological polar surface area (TPSA) is 59.1 Å². The third-order valence-electron chi connectivity index (χ3n) is 4.24. The van der Waals surface area contributed by atoms with E-state index in [0.29, 0.717) is 11.3 Å². The van der Waals surface area contributed by atoms with Crippen LogP contribution in [-0.2, 0) is 4.79 Å². The molecule has 1 heterocycles. The molecule has 3 rings (SSSR count). The van der Waals surface area contributed by atoms with Crippen molar-refractivity contribution in [2.75, 3.05) is 5.32 Å². The number of carbonyl (C=O) groups is 2. The van der Waals surface area contributed by atoms with Crippen LogP contribution >= 0.6 is 11.8 Å². The van der Waals surface area contributed by atoms with E-state index < -0.39 is 0 Å². The van der Waals surface area contributed by atoms with Crippen molar-refractivity contribution in [3.8, 4) is 0 Å². The standard InChI is InChI=1S/C22H22N2O2S/c1-14(2)22(26)24-17-10-8-16(9-11-17)21(25)15(3)27-20-12-13-23-19-7-5-4-6-18(19)20/h4-15H,1-3H3,(H,24,26). The second kappa shape index (κ2) is 8.35. The highest BCUT2D eigenvalue weighted by atomic mass is 32.2. The number of Topliss-reactive ketones (excluding diaryl/α,β-unsaturated/α-hetero) is 1. The van der Waals surface area contributed by atoms with Crippen LogP contribution in [0.25, 0.3) is 10.9 Å². The first-order valence-corrected chi connectivity index (χ1v) is 9.79. The van der Waals surface area contributed by atoms with Gasteiger partial charge in [0.25, 0.3) is 0 Å². The van der Waals surface area contributed by atoms with Gasteiger partial charge < -0.3 is 5.32 Å². The molecule has 4 nitrogen and oxygen atoms in total. The molecule has 3 aromatic rings. The van der Waals surface area contributed by atoms with Crippen molar-refractivity contribution in [2.45, 2.75) is 30.9 Å². The maximum atomic E-state index is 12.8. The summed E-state index contributed by atoms with van der Waals surface area (Å²) in [7, 11) is 0. The number of pyridine rings is 1.